The highest BCUT2D eigenvalue weighted by atomic mass is 16.5. The Labute approximate surface area is 166 Å². The Hall–Kier alpha value is -2.86. The van der Waals surface area contributed by atoms with Crippen molar-refractivity contribution in [1.29, 1.82) is 0 Å². The SMILES string of the molecule is CCN(CC(=O)Nc1ccc(OCc2ccccc2)cc1)CC(=O)NC(C)C. The van der Waals surface area contributed by atoms with E-state index in [-0.39, 0.29) is 30.9 Å². The third-order valence-electron chi connectivity index (χ3n) is 4.02. The fourth-order valence-corrected chi connectivity index (χ4v) is 2.63. The molecular weight excluding hydrogens is 354 g/mol. The Bertz CT molecular complexity index is 745. The van der Waals surface area contributed by atoms with E-state index in [1.807, 2.05) is 63.2 Å². The third kappa shape index (κ3) is 7.80. The summed E-state index contributed by atoms with van der Waals surface area (Å²) in [5, 5.41) is 5.69. The van der Waals surface area contributed by atoms with Crippen molar-refractivity contribution < 1.29 is 14.3 Å². The molecule has 0 aliphatic rings. The zero-order valence-electron chi connectivity index (χ0n) is 16.8. The number of carbonyl (C=O) groups excluding carboxylic acids is 2. The van der Waals surface area contributed by atoms with Crippen molar-refractivity contribution in [2.75, 3.05) is 25.0 Å². The first-order valence-corrected chi connectivity index (χ1v) is 9.54. The number of amides is 2. The highest BCUT2D eigenvalue weighted by Gasteiger charge is 2.13. The molecule has 6 heteroatoms. The van der Waals surface area contributed by atoms with Gasteiger partial charge in [0.25, 0.3) is 0 Å². The summed E-state index contributed by atoms with van der Waals surface area (Å²) in [5.41, 5.74) is 1.79. The zero-order valence-corrected chi connectivity index (χ0v) is 16.8. The standard InChI is InChI=1S/C22H29N3O3/c1-4-25(14-21(26)23-17(2)3)15-22(27)24-19-10-12-20(13-11-19)28-16-18-8-6-5-7-9-18/h5-13,17H,4,14-16H2,1-3H3,(H,23,26)(H,24,27). The van der Waals surface area contributed by atoms with Gasteiger partial charge in [0.05, 0.1) is 13.1 Å². The van der Waals surface area contributed by atoms with E-state index in [2.05, 4.69) is 10.6 Å². The molecule has 0 heterocycles. The third-order valence-corrected chi connectivity index (χ3v) is 4.02. The average molecular weight is 383 g/mol. The fourth-order valence-electron chi connectivity index (χ4n) is 2.63. The van der Waals surface area contributed by atoms with Crippen LogP contribution in [0.1, 0.15) is 26.3 Å². The predicted molar refractivity (Wildman–Crippen MR) is 111 cm³/mol. The molecule has 0 aliphatic carbocycles. The average Bonchev–Trinajstić information content (AvgIpc) is 2.67. The summed E-state index contributed by atoms with van der Waals surface area (Å²) in [5.74, 6) is 0.504. The molecule has 0 saturated heterocycles. The van der Waals surface area contributed by atoms with E-state index in [4.69, 9.17) is 4.74 Å². The first kappa shape index (κ1) is 21.4. The number of ether oxygens (including phenoxy) is 1. The quantitative estimate of drug-likeness (QED) is 0.662. The van der Waals surface area contributed by atoms with Gasteiger partial charge in [0.2, 0.25) is 11.8 Å². The largest absolute Gasteiger partial charge is 0.489 e. The molecule has 0 fully saturated rings. The lowest BCUT2D eigenvalue weighted by molar-refractivity contribution is -0.123. The van der Waals surface area contributed by atoms with E-state index < -0.39 is 0 Å². The van der Waals surface area contributed by atoms with Crippen LogP contribution in [0.4, 0.5) is 5.69 Å². The Morgan fingerprint density at radius 1 is 0.964 bits per heavy atom. The number of hydrogen-bond acceptors (Lipinski definition) is 4. The second kappa shape index (κ2) is 11.1. The molecule has 0 aromatic heterocycles. The Balaban J connectivity index is 1.80. The topological polar surface area (TPSA) is 70.7 Å². The first-order chi connectivity index (χ1) is 13.5. The summed E-state index contributed by atoms with van der Waals surface area (Å²) < 4.78 is 5.74. The first-order valence-electron chi connectivity index (χ1n) is 9.54. The van der Waals surface area contributed by atoms with E-state index in [1.165, 1.54) is 0 Å². The molecule has 0 saturated carbocycles. The smallest absolute Gasteiger partial charge is 0.238 e. The molecule has 0 atom stereocenters. The minimum atomic E-state index is -0.155. The normalized spacial score (nSPS) is 10.8. The van der Waals surface area contributed by atoms with Gasteiger partial charge < -0.3 is 15.4 Å². The highest BCUT2D eigenvalue weighted by Crippen LogP contribution is 2.17. The number of rotatable bonds is 10. The van der Waals surface area contributed by atoms with Crippen molar-refractivity contribution in [2.45, 2.75) is 33.4 Å². The Morgan fingerprint density at radius 2 is 1.61 bits per heavy atom. The van der Waals surface area contributed by atoms with Crippen LogP contribution in [0.25, 0.3) is 0 Å². The van der Waals surface area contributed by atoms with E-state index in [0.29, 0.717) is 18.8 Å². The zero-order chi connectivity index (χ0) is 20.4. The van der Waals surface area contributed by atoms with Crippen LogP contribution in [0, 0.1) is 0 Å². The highest BCUT2D eigenvalue weighted by molar-refractivity contribution is 5.92. The van der Waals surface area contributed by atoms with E-state index in [0.717, 1.165) is 11.3 Å². The van der Waals surface area contributed by atoms with E-state index in [1.54, 1.807) is 17.0 Å². The molecule has 0 aliphatic heterocycles. The monoisotopic (exact) mass is 383 g/mol. The van der Waals surface area contributed by atoms with Gasteiger partial charge in [-0.05, 0) is 50.2 Å². The molecule has 0 radical (unpaired) electrons. The lowest BCUT2D eigenvalue weighted by Crippen LogP contribution is -2.42. The van der Waals surface area contributed by atoms with Gasteiger partial charge in [-0.25, -0.2) is 0 Å². The molecule has 28 heavy (non-hydrogen) atoms. The van der Waals surface area contributed by atoms with Gasteiger partial charge in [-0.15, -0.1) is 0 Å². The molecule has 6 nitrogen and oxygen atoms in total. The number of anilines is 1. The fraction of sp³-hybridized carbons (Fsp3) is 0.364. The van der Waals surface area contributed by atoms with Crippen LogP contribution < -0.4 is 15.4 Å². The van der Waals surface area contributed by atoms with Crippen molar-refractivity contribution in [3.8, 4) is 5.75 Å². The summed E-state index contributed by atoms with van der Waals surface area (Å²) >= 11 is 0. The number of benzene rings is 2. The summed E-state index contributed by atoms with van der Waals surface area (Å²) in [7, 11) is 0. The summed E-state index contributed by atoms with van der Waals surface area (Å²) in [6.45, 7) is 7.22. The Morgan fingerprint density at radius 3 is 2.21 bits per heavy atom. The maximum absolute atomic E-state index is 12.3. The van der Waals surface area contributed by atoms with Gasteiger partial charge in [-0.1, -0.05) is 37.3 Å². The molecule has 2 N–H and O–H groups in total. The molecule has 0 unspecified atom stereocenters. The van der Waals surface area contributed by atoms with Crippen molar-refractivity contribution >= 4 is 17.5 Å². The summed E-state index contributed by atoms with van der Waals surface area (Å²) in [6.07, 6.45) is 0. The van der Waals surface area contributed by atoms with Gasteiger partial charge in [-0.2, -0.15) is 0 Å². The van der Waals surface area contributed by atoms with Crippen molar-refractivity contribution in [3.05, 3.63) is 60.2 Å². The molecule has 2 aromatic carbocycles. The number of hydrogen-bond donors (Lipinski definition) is 2. The minimum absolute atomic E-state index is 0.0791. The van der Waals surface area contributed by atoms with Crippen LogP contribution in [0.5, 0.6) is 5.75 Å². The van der Waals surface area contributed by atoms with E-state index in [9.17, 15) is 9.59 Å². The lowest BCUT2D eigenvalue weighted by Gasteiger charge is -2.20. The maximum atomic E-state index is 12.3. The van der Waals surface area contributed by atoms with Crippen LogP contribution in [0.2, 0.25) is 0 Å². The van der Waals surface area contributed by atoms with Gasteiger partial charge >= 0.3 is 0 Å². The molecular formula is C22H29N3O3. The molecule has 150 valence electrons. The number of likely N-dealkylation sites (N-methyl/N-ethyl adjacent to an activating group) is 1. The number of nitrogens with zero attached hydrogens (tertiary/aromatic N) is 1. The Kier molecular flexibility index (Phi) is 8.49. The second-order valence-corrected chi connectivity index (χ2v) is 6.87. The van der Waals surface area contributed by atoms with Crippen LogP contribution >= 0.6 is 0 Å². The van der Waals surface area contributed by atoms with Gasteiger partial charge in [0.15, 0.2) is 0 Å². The van der Waals surface area contributed by atoms with Crippen molar-refractivity contribution in [1.82, 2.24) is 10.2 Å². The van der Waals surface area contributed by atoms with Crippen molar-refractivity contribution in [3.63, 3.8) is 0 Å². The van der Waals surface area contributed by atoms with Gasteiger partial charge in [0, 0.05) is 11.7 Å². The van der Waals surface area contributed by atoms with Crippen LogP contribution in [0.15, 0.2) is 54.6 Å². The molecule has 2 amide bonds. The van der Waals surface area contributed by atoms with Crippen LogP contribution in [-0.4, -0.2) is 42.4 Å². The second-order valence-electron chi connectivity index (χ2n) is 6.87. The number of carbonyl (C=O) groups is 2. The molecule has 0 spiro atoms. The lowest BCUT2D eigenvalue weighted by atomic mass is 10.2. The van der Waals surface area contributed by atoms with Crippen LogP contribution in [-0.2, 0) is 16.2 Å². The van der Waals surface area contributed by atoms with Gasteiger partial charge in [-0.3, -0.25) is 14.5 Å². The molecule has 2 aromatic rings. The summed E-state index contributed by atoms with van der Waals surface area (Å²) in [4.78, 5) is 25.9. The predicted octanol–water partition coefficient (Wildman–Crippen LogP) is 3.05. The maximum Gasteiger partial charge on any atom is 0.238 e. The van der Waals surface area contributed by atoms with Gasteiger partial charge in [0.1, 0.15) is 12.4 Å². The number of nitrogens with one attached hydrogen (secondary N) is 2. The van der Waals surface area contributed by atoms with Crippen molar-refractivity contribution in [2.24, 2.45) is 0 Å². The summed E-state index contributed by atoms with van der Waals surface area (Å²) in [6, 6.07) is 17.3. The van der Waals surface area contributed by atoms with Crippen LogP contribution in [0.3, 0.4) is 0 Å². The molecule has 0 bridgehead atoms. The van der Waals surface area contributed by atoms with E-state index >= 15 is 0 Å². The minimum Gasteiger partial charge on any atom is -0.489 e. The molecule has 2 rings (SSSR count).